The maximum absolute atomic E-state index is 13.4. The largest absolute Gasteiger partial charge is 0.493 e. The summed E-state index contributed by atoms with van der Waals surface area (Å²) in [6.07, 6.45) is 6.26. The molecule has 0 spiro atoms. The van der Waals surface area contributed by atoms with Crippen LogP contribution >= 0.6 is 0 Å². The van der Waals surface area contributed by atoms with Crippen LogP contribution in [0.2, 0.25) is 0 Å². The van der Waals surface area contributed by atoms with Crippen LogP contribution in [0.3, 0.4) is 0 Å². The smallest absolute Gasteiger partial charge is 0.232 e. The van der Waals surface area contributed by atoms with Crippen LogP contribution in [0.1, 0.15) is 89.6 Å². The predicted octanol–water partition coefficient (Wildman–Crippen LogP) is 5.88. The van der Waals surface area contributed by atoms with Crippen LogP contribution in [0.4, 0.5) is 0 Å². The Bertz CT molecular complexity index is 1090. The van der Waals surface area contributed by atoms with E-state index in [1.54, 1.807) is 0 Å². The fourth-order valence-electron chi connectivity index (χ4n) is 4.16. The van der Waals surface area contributed by atoms with E-state index in [9.17, 15) is 4.79 Å². The molecule has 1 fully saturated rings. The maximum atomic E-state index is 13.4. The molecule has 2 heterocycles. The second-order valence-electron chi connectivity index (χ2n) is 10.9. The highest BCUT2D eigenvalue weighted by atomic mass is 16.5. The Balaban J connectivity index is 1.51. The van der Waals surface area contributed by atoms with E-state index >= 15 is 0 Å². The van der Waals surface area contributed by atoms with Crippen molar-refractivity contribution in [1.29, 1.82) is 5.41 Å². The molecule has 0 bridgehead atoms. The van der Waals surface area contributed by atoms with Gasteiger partial charge in [0.1, 0.15) is 17.6 Å². The quantitative estimate of drug-likeness (QED) is 0.449. The number of ether oxygens (including phenoxy) is 2. The summed E-state index contributed by atoms with van der Waals surface area (Å²) < 4.78 is 12.0. The van der Waals surface area contributed by atoms with Crippen LogP contribution in [0.15, 0.2) is 39.9 Å². The standard InChI is InChI=1S/C28H38N4O3/c1-7-21(8-2)35-25-11-17(3)27-30-23(26(29)32(27)31-25)15-24(33)19-12-20(28(4,5)6)14-22(13-19)34-16-18-9-10-18/h11-14,18,21,23,29H,7-10,15-16H2,1-6H3. The van der Waals surface area contributed by atoms with Crippen LogP contribution in [-0.2, 0) is 10.2 Å². The van der Waals surface area contributed by atoms with Crippen molar-refractivity contribution < 1.29 is 14.3 Å². The Morgan fingerprint density at radius 2 is 1.91 bits per heavy atom. The minimum Gasteiger partial charge on any atom is -0.493 e. The molecule has 1 aliphatic carbocycles. The average molecular weight is 479 g/mol. The average Bonchev–Trinajstić information content (AvgIpc) is 3.60. The second-order valence-corrected chi connectivity index (χ2v) is 10.9. The Labute approximate surface area is 208 Å². The summed E-state index contributed by atoms with van der Waals surface area (Å²) in [4.78, 5) is 18.1. The van der Waals surface area contributed by atoms with Gasteiger partial charge in [-0.3, -0.25) is 15.2 Å². The van der Waals surface area contributed by atoms with Gasteiger partial charge in [0.25, 0.3) is 0 Å². The molecular formula is C28H38N4O3. The van der Waals surface area contributed by atoms with Crippen molar-refractivity contribution in [2.75, 3.05) is 6.61 Å². The van der Waals surface area contributed by atoms with Gasteiger partial charge >= 0.3 is 0 Å². The van der Waals surface area contributed by atoms with Gasteiger partial charge in [0, 0.05) is 18.1 Å². The fraction of sp³-hybridized carbons (Fsp3) is 0.571. The van der Waals surface area contributed by atoms with Gasteiger partial charge in [-0.2, -0.15) is 5.01 Å². The van der Waals surface area contributed by atoms with Gasteiger partial charge in [-0.15, -0.1) is 5.10 Å². The topological polar surface area (TPSA) is 87.3 Å². The summed E-state index contributed by atoms with van der Waals surface area (Å²) in [6.45, 7) is 13.2. The molecule has 1 atom stereocenters. The summed E-state index contributed by atoms with van der Waals surface area (Å²) in [5.41, 5.74) is 2.43. The number of Topliss-reactive ketones (excluding diaryl/α,β-unsaturated/α-hetero) is 1. The SMILES string of the molecule is CCC(CC)OC1=NN2C(=N)C(CC(=O)c3cc(OCC4CC4)cc(C(C)(C)C)c3)N=C2C(C)=C1. The van der Waals surface area contributed by atoms with Gasteiger partial charge in [0.05, 0.1) is 12.7 Å². The second kappa shape index (κ2) is 9.96. The zero-order valence-electron chi connectivity index (χ0n) is 21.9. The summed E-state index contributed by atoms with van der Waals surface area (Å²) in [6, 6.07) is 5.26. The first-order chi connectivity index (χ1) is 16.6. The first-order valence-corrected chi connectivity index (χ1v) is 12.8. The number of hydrazone groups is 1. The van der Waals surface area contributed by atoms with Crippen LogP contribution in [-0.4, -0.2) is 47.1 Å². The molecule has 35 heavy (non-hydrogen) atoms. The third-order valence-corrected chi connectivity index (χ3v) is 6.77. The summed E-state index contributed by atoms with van der Waals surface area (Å²) in [5.74, 6) is 2.62. The molecule has 2 aliphatic heterocycles. The lowest BCUT2D eigenvalue weighted by atomic mass is 9.85. The molecule has 4 rings (SSSR count). The molecule has 188 valence electrons. The molecular weight excluding hydrogens is 440 g/mol. The van der Waals surface area contributed by atoms with E-state index < -0.39 is 6.04 Å². The number of rotatable bonds is 9. The number of hydrogen-bond acceptors (Lipinski definition) is 6. The molecule has 0 aromatic heterocycles. The van der Waals surface area contributed by atoms with Gasteiger partial charge in [-0.25, -0.2) is 0 Å². The van der Waals surface area contributed by atoms with Crippen molar-refractivity contribution >= 4 is 23.4 Å². The lowest BCUT2D eigenvalue weighted by Crippen LogP contribution is -2.35. The van der Waals surface area contributed by atoms with Crippen LogP contribution in [0, 0.1) is 11.3 Å². The molecule has 3 aliphatic rings. The zero-order valence-corrected chi connectivity index (χ0v) is 21.9. The fourth-order valence-corrected chi connectivity index (χ4v) is 4.16. The number of fused-ring (bicyclic) bond motifs is 1. The monoisotopic (exact) mass is 478 g/mol. The van der Waals surface area contributed by atoms with Crippen molar-refractivity contribution in [2.45, 2.75) is 91.2 Å². The number of hydrogen-bond donors (Lipinski definition) is 1. The zero-order chi connectivity index (χ0) is 25.3. The normalized spacial score (nSPS) is 19.9. The Morgan fingerprint density at radius 1 is 1.20 bits per heavy atom. The van der Waals surface area contributed by atoms with Crippen LogP contribution in [0.25, 0.3) is 0 Å². The van der Waals surface area contributed by atoms with Gasteiger partial charge in [0.15, 0.2) is 11.6 Å². The lowest BCUT2D eigenvalue weighted by Gasteiger charge is -2.23. The third kappa shape index (κ3) is 5.82. The van der Waals surface area contributed by atoms with Crippen molar-refractivity contribution in [3.63, 3.8) is 0 Å². The number of benzene rings is 1. The Hall–Kier alpha value is -2.96. The predicted molar refractivity (Wildman–Crippen MR) is 140 cm³/mol. The van der Waals surface area contributed by atoms with Crippen molar-refractivity contribution in [1.82, 2.24) is 5.01 Å². The summed E-state index contributed by atoms with van der Waals surface area (Å²) in [5, 5.41) is 14.7. The molecule has 7 heteroatoms. The molecule has 1 aromatic rings. The summed E-state index contributed by atoms with van der Waals surface area (Å²) >= 11 is 0. The number of carbonyl (C=O) groups is 1. The number of ketones is 1. The van der Waals surface area contributed by atoms with Gasteiger partial charge < -0.3 is 9.47 Å². The van der Waals surface area contributed by atoms with Gasteiger partial charge in [-0.05, 0) is 73.3 Å². The molecule has 7 nitrogen and oxygen atoms in total. The van der Waals surface area contributed by atoms with Gasteiger partial charge in [0.2, 0.25) is 5.90 Å². The molecule has 1 N–H and O–H groups in total. The molecule has 1 unspecified atom stereocenters. The molecule has 1 aromatic carbocycles. The van der Waals surface area contributed by atoms with Crippen LogP contribution in [0.5, 0.6) is 5.75 Å². The Kier molecular flexibility index (Phi) is 7.15. The van der Waals surface area contributed by atoms with E-state index in [0.717, 1.165) is 29.7 Å². The molecule has 0 radical (unpaired) electrons. The van der Waals surface area contributed by atoms with E-state index in [1.807, 2.05) is 31.2 Å². The van der Waals surface area contributed by atoms with E-state index in [4.69, 9.17) is 14.9 Å². The van der Waals surface area contributed by atoms with E-state index in [1.165, 1.54) is 17.9 Å². The highest BCUT2D eigenvalue weighted by Gasteiger charge is 2.36. The minimum atomic E-state index is -0.578. The molecule has 0 saturated heterocycles. The minimum absolute atomic E-state index is 0.0505. The third-order valence-electron chi connectivity index (χ3n) is 6.77. The number of nitrogens with one attached hydrogen (secondary N) is 1. The Morgan fingerprint density at radius 3 is 2.54 bits per heavy atom. The lowest BCUT2D eigenvalue weighted by molar-refractivity contribution is 0.0980. The number of nitrogens with zero attached hydrogens (tertiary/aromatic N) is 3. The number of amidine groups is 2. The first-order valence-electron chi connectivity index (χ1n) is 12.8. The van der Waals surface area contributed by atoms with Crippen molar-refractivity contribution in [3.05, 3.63) is 41.0 Å². The molecule has 0 amide bonds. The number of carbonyl (C=O) groups excluding carboxylic acids is 1. The van der Waals surface area contributed by atoms with E-state index in [-0.39, 0.29) is 29.6 Å². The molecule has 1 saturated carbocycles. The van der Waals surface area contributed by atoms with Crippen molar-refractivity contribution in [3.8, 4) is 5.75 Å². The highest BCUT2D eigenvalue weighted by Crippen LogP contribution is 2.33. The first kappa shape index (κ1) is 25.1. The summed E-state index contributed by atoms with van der Waals surface area (Å²) in [7, 11) is 0. The van der Waals surface area contributed by atoms with Crippen LogP contribution < -0.4 is 4.74 Å². The highest BCUT2D eigenvalue weighted by molar-refractivity contribution is 6.19. The van der Waals surface area contributed by atoms with E-state index in [2.05, 4.69) is 44.7 Å². The van der Waals surface area contributed by atoms with Crippen molar-refractivity contribution in [2.24, 2.45) is 16.0 Å². The van der Waals surface area contributed by atoms with E-state index in [0.29, 0.717) is 29.8 Å². The maximum Gasteiger partial charge on any atom is 0.232 e. The number of aliphatic imine (C=N–C) groups is 1. The van der Waals surface area contributed by atoms with Gasteiger partial charge in [-0.1, -0.05) is 34.6 Å².